The predicted molar refractivity (Wildman–Crippen MR) is 71.4 cm³/mol. The van der Waals surface area contributed by atoms with E-state index < -0.39 is 0 Å². The minimum absolute atomic E-state index is 0.549. The highest BCUT2D eigenvalue weighted by atomic mass is 16.5. The number of nitrogens with one attached hydrogen (secondary N) is 1. The lowest BCUT2D eigenvalue weighted by molar-refractivity contribution is 0.413. The van der Waals surface area contributed by atoms with Crippen LogP contribution in [0.15, 0.2) is 24.3 Å². The molecule has 0 spiro atoms. The zero-order valence-electron chi connectivity index (χ0n) is 10.9. The molecular formula is C15H23NO. The quantitative estimate of drug-likeness (QED) is 0.727. The lowest BCUT2D eigenvalue weighted by Crippen LogP contribution is -2.24. The van der Waals surface area contributed by atoms with Crippen molar-refractivity contribution in [2.24, 2.45) is 5.92 Å². The highest BCUT2D eigenvalue weighted by Crippen LogP contribution is 2.41. The Morgan fingerprint density at radius 1 is 1.29 bits per heavy atom. The van der Waals surface area contributed by atoms with E-state index in [4.69, 9.17) is 4.74 Å². The van der Waals surface area contributed by atoms with Crippen molar-refractivity contribution in [3.8, 4) is 5.75 Å². The fourth-order valence-corrected chi connectivity index (χ4v) is 2.23. The van der Waals surface area contributed by atoms with Crippen LogP contribution in [-0.2, 0) is 0 Å². The van der Waals surface area contributed by atoms with Crippen molar-refractivity contribution in [3.63, 3.8) is 0 Å². The van der Waals surface area contributed by atoms with Crippen LogP contribution in [-0.4, -0.2) is 13.7 Å². The summed E-state index contributed by atoms with van der Waals surface area (Å²) in [5.41, 5.74) is 1.41. The molecule has 1 aromatic rings. The van der Waals surface area contributed by atoms with Crippen LogP contribution in [0.5, 0.6) is 5.75 Å². The van der Waals surface area contributed by atoms with Crippen molar-refractivity contribution in [1.29, 1.82) is 0 Å². The molecule has 1 aliphatic rings. The molecule has 0 radical (unpaired) electrons. The van der Waals surface area contributed by atoms with Crippen LogP contribution in [0.25, 0.3) is 0 Å². The zero-order valence-corrected chi connectivity index (χ0v) is 10.9. The molecule has 2 nitrogen and oxygen atoms in total. The number of hydrogen-bond acceptors (Lipinski definition) is 2. The number of methoxy groups -OCH3 is 1. The van der Waals surface area contributed by atoms with E-state index in [1.54, 1.807) is 7.11 Å². The van der Waals surface area contributed by atoms with Crippen LogP contribution < -0.4 is 10.1 Å². The van der Waals surface area contributed by atoms with Crippen molar-refractivity contribution in [3.05, 3.63) is 29.8 Å². The Morgan fingerprint density at radius 2 is 2.00 bits per heavy atom. The fourth-order valence-electron chi connectivity index (χ4n) is 2.23. The average Bonchev–Trinajstić information content (AvgIpc) is 3.19. The van der Waals surface area contributed by atoms with Crippen molar-refractivity contribution < 1.29 is 4.74 Å². The van der Waals surface area contributed by atoms with Gasteiger partial charge in [-0.15, -0.1) is 0 Å². The number of benzene rings is 1. The first kappa shape index (κ1) is 12.4. The van der Waals surface area contributed by atoms with Crippen molar-refractivity contribution in [2.75, 3.05) is 13.7 Å². The summed E-state index contributed by atoms with van der Waals surface area (Å²) in [4.78, 5) is 0. The standard InChI is InChI=1S/C15H23NO/c1-3-4-11-16-15(12-5-6-12)13-7-9-14(17-2)10-8-13/h7-10,12,15-16H,3-6,11H2,1-2H3. The second-order valence-corrected chi connectivity index (χ2v) is 4.90. The summed E-state index contributed by atoms with van der Waals surface area (Å²) in [7, 11) is 1.72. The Hall–Kier alpha value is -1.02. The first-order chi connectivity index (χ1) is 8.35. The second kappa shape index (κ2) is 6.06. The summed E-state index contributed by atoms with van der Waals surface area (Å²) in [6, 6.07) is 9.06. The number of ether oxygens (including phenoxy) is 1. The third kappa shape index (κ3) is 3.47. The minimum Gasteiger partial charge on any atom is -0.497 e. The van der Waals surface area contributed by atoms with E-state index in [1.807, 2.05) is 0 Å². The van der Waals surface area contributed by atoms with Gasteiger partial charge < -0.3 is 10.1 Å². The van der Waals surface area contributed by atoms with Gasteiger partial charge in [0, 0.05) is 6.04 Å². The molecule has 2 heteroatoms. The van der Waals surface area contributed by atoms with Gasteiger partial charge in [-0.25, -0.2) is 0 Å². The minimum atomic E-state index is 0.549. The molecule has 0 aliphatic heterocycles. The monoisotopic (exact) mass is 233 g/mol. The molecule has 1 aliphatic carbocycles. The Kier molecular flexibility index (Phi) is 4.43. The smallest absolute Gasteiger partial charge is 0.118 e. The Bertz CT molecular complexity index is 329. The first-order valence-corrected chi connectivity index (χ1v) is 6.72. The molecular weight excluding hydrogens is 210 g/mol. The maximum absolute atomic E-state index is 5.20. The molecule has 1 fully saturated rings. The van der Waals surface area contributed by atoms with Crippen LogP contribution in [0.4, 0.5) is 0 Å². The predicted octanol–water partition coefficient (Wildman–Crippen LogP) is 3.54. The van der Waals surface area contributed by atoms with E-state index in [0.29, 0.717) is 6.04 Å². The Morgan fingerprint density at radius 3 is 2.53 bits per heavy atom. The van der Waals surface area contributed by atoms with Gasteiger partial charge in [-0.3, -0.25) is 0 Å². The van der Waals surface area contributed by atoms with E-state index in [1.165, 1.54) is 31.2 Å². The average molecular weight is 233 g/mol. The molecule has 1 aromatic carbocycles. The van der Waals surface area contributed by atoms with Gasteiger partial charge in [0.1, 0.15) is 5.75 Å². The van der Waals surface area contributed by atoms with E-state index in [2.05, 4.69) is 36.5 Å². The summed E-state index contributed by atoms with van der Waals surface area (Å²) in [6.07, 6.45) is 5.26. The summed E-state index contributed by atoms with van der Waals surface area (Å²) in [5.74, 6) is 1.79. The molecule has 0 aromatic heterocycles. The van der Waals surface area contributed by atoms with Crippen LogP contribution in [0, 0.1) is 5.92 Å². The van der Waals surface area contributed by atoms with Crippen molar-refractivity contribution >= 4 is 0 Å². The molecule has 1 unspecified atom stereocenters. The fraction of sp³-hybridized carbons (Fsp3) is 0.600. The van der Waals surface area contributed by atoms with Gasteiger partial charge >= 0.3 is 0 Å². The van der Waals surface area contributed by atoms with Gasteiger partial charge in [-0.1, -0.05) is 25.5 Å². The maximum atomic E-state index is 5.20. The second-order valence-electron chi connectivity index (χ2n) is 4.90. The van der Waals surface area contributed by atoms with Gasteiger partial charge in [0.25, 0.3) is 0 Å². The molecule has 0 heterocycles. The van der Waals surface area contributed by atoms with Gasteiger partial charge in [-0.05, 0) is 49.4 Å². The molecule has 94 valence electrons. The third-order valence-corrected chi connectivity index (χ3v) is 3.46. The molecule has 1 saturated carbocycles. The van der Waals surface area contributed by atoms with Crippen LogP contribution in [0.3, 0.4) is 0 Å². The molecule has 0 saturated heterocycles. The van der Waals surface area contributed by atoms with Crippen LogP contribution >= 0.6 is 0 Å². The number of rotatable bonds is 7. The zero-order chi connectivity index (χ0) is 12.1. The molecule has 1 N–H and O–H groups in total. The molecule has 0 amide bonds. The first-order valence-electron chi connectivity index (χ1n) is 6.72. The van der Waals surface area contributed by atoms with E-state index in [9.17, 15) is 0 Å². The SMILES string of the molecule is CCCCNC(c1ccc(OC)cc1)C1CC1. The van der Waals surface area contributed by atoms with Crippen LogP contribution in [0.2, 0.25) is 0 Å². The van der Waals surface area contributed by atoms with Crippen LogP contribution in [0.1, 0.15) is 44.2 Å². The van der Waals surface area contributed by atoms with Gasteiger partial charge in [0.05, 0.1) is 7.11 Å². The van der Waals surface area contributed by atoms with E-state index in [0.717, 1.165) is 18.2 Å². The lowest BCUT2D eigenvalue weighted by atomic mass is 10.0. The molecule has 2 rings (SSSR count). The number of hydrogen-bond donors (Lipinski definition) is 1. The largest absolute Gasteiger partial charge is 0.497 e. The Labute approximate surface area is 104 Å². The highest BCUT2D eigenvalue weighted by molar-refractivity contribution is 5.30. The normalized spacial score (nSPS) is 16.8. The molecule has 0 bridgehead atoms. The Balaban J connectivity index is 1.98. The third-order valence-electron chi connectivity index (χ3n) is 3.46. The topological polar surface area (TPSA) is 21.3 Å². The summed E-state index contributed by atoms with van der Waals surface area (Å²) >= 11 is 0. The molecule has 1 atom stereocenters. The van der Waals surface area contributed by atoms with Gasteiger partial charge in [0.2, 0.25) is 0 Å². The van der Waals surface area contributed by atoms with Gasteiger partial charge in [0.15, 0.2) is 0 Å². The van der Waals surface area contributed by atoms with E-state index >= 15 is 0 Å². The number of unbranched alkanes of at least 4 members (excludes halogenated alkanes) is 1. The van der Waals surface area contributed by atoms with Crippen molar-refractivity contribution in [2.45, 2.75) is 38.6 Å². The van der Waals surface area contributed by atoms with Gasteiger partial charge in [-0.2, -0.15) is 0 Å². The summed E-state index contributed by atoms with van der Waals surface area (Å²) in [6.45, 7) is 3.37. The van der Waals surface area contributed by atoms with E-state index in [-0.39, 0.29) is 0 Å². The lowest BCUT2D eigenvalue weighted by Gasteiger charge is -2.19. The molecule has 17 heavy (non-hydrogen) atoms. The summed E-state index contributed by atoms with van der Waals surface area (Å²) in [5, 5.41) is 3.70. The summed E-state index contributed by atoms with van der Waals surface area (Å²) < 4.78 is 5.20. The van der Waals surface area contributed by atoms with Crippen molar-refractivity contribution in [1.82, 2.24) is 5.32 Å². The maximum Gasteiger partial charge on any atom is 0.118 e. The highest BCUT2D eigenvalue weighted by Gasteiger charge is 2.31.